The van der Waals surface area contributed by atoms with Crippen LogP contribution in [-0.2, 0) is 18.9 Å². The molecule has 2 atom stereocenters. The average molecular weight is 327 g/mol. The van der Waals surface area contributed by atoms with E-state index in [1.54, 1.807) is 0 Å². The third-order valence-electron chi connectivity index (χ3n) is 1.46. The minimum Gasteiger partial charge on any atom is -0.312 e. The van der Waals surface area contributed by atoms with Crippen LogP contribution < -0.4 is 0 Å². The second-order valence-corrected chi connectivity index (χ2v) is 3.62. The van der Waals surface area contributed by atoms with Gasteiger partial charge in [-0.2, -0.15) is 13.2 Å². The summed E-state index contributed by atoms with van der Waals surface area (Å²) in [7, 11) is 0. The normalized spacial score (nSPS) is 31.7. The molecule has 1 fully saturated rings. The molecule has 4 nitrogen and oxygen atoms in total. The van der Waals surface area contributed by atoms with Crippen molar-refractivity contribution in [2.45, 2.75) is 30.4 Å². The Hall–Kier alpha value is -0.430. The van der Waals surface area contributed by atoms with Crippen LogP contribution in [0.5, 0.6) is 0 Å². The SMILES string of the molecule is FC(F)(Cl)COC1(F)OC(F)(F)OC1OC(F)(F)F. The van der Waals surface area contributed by atoms with E-state index in [0.29, 0.717) is 0 Å². The first-order valence-corrected chi connectivity index (χ1v) is 4.50. The summed E-state index contributed by atoms with van der Waals surface area (Å²) < 4.78 is 110. The first-order chi connectivity index (χ1) is 8.23. The Balaban J connectivity index is 2.81. The zero-order chi connectivity index (χ0) is 15.1. The summed E-state index contributed by atoms with van der Waals surface area (Å²) in [5, 5.41) is -4.23. The van der Waals surface area contributed by atoms with Crippen LogP contribution in [0.2, 0.25) is 0 Å². The molecule has 0 amide bonds. The summed E-state index contributed by atoms with van der Waals surface area (Å²) in [6.45, 7) is -2.07. The van der Waals surface area contributed by atoms with E-state index in [1.165, 1.54) is 0 Å². The fourth-order valence-corrected chi connectivity index (χ4v) is 0.977. The van der Waals surface area contributed by atoms with Gasteiger partial charge in [0.05, 0.1) is 0 Å². The van der Waals surface area contributed by atoms with Gasteiger partial charge in [-0.25, -0.2) is 4.74 Å². The van der Waals surface area contributed by atoms with Crippen LogP contribution >= 0.6 is 11.6 Å². The van der Waals surface area contributed by atoms with E-state index in [1.807, 2.05) is 0 Å². The Morgan fingerprint density at radius 3 is 2.05 bits per heavy atom. The molecule has 0 aromatic rings. The van der Waals surface area contributed by atoms with Gasteiger partial charge in [0.2, 0.25) is 0 Å². The molecular formula is C6H3ClF8O4. The van der Waals surface area contributed by atoms with E-state index in [4.69, 9.17) is 0 Å². The van der Waals surface area contributed by atoms with E-state index < -0.39 is 37.0 Å². The molecule has 1 heterocycles. The van der Waals surface area contributed by atoms with Crippen LogP contribution in [0.3, 0.4) is 0 Å². The summed E-state index contributed by atoms with van der Waals surface area (Å²) >= 11 is 4.25. The van der Waals surface area contributed by atoms with Gasteiger partial charge < -0.3 is 4.74 Å². The number of hydrogen-bond acceptors (Lipinski definition) is 4. The van der Waals surface area contributed by atoms with Crippen molar-refractivity contribution in [2.24, 2.45) is 0 Å². The van der Waals surface area contributed by atoms with Crippen LogP contribution in [0.4, 0.5) is 35.1 Å². The Morgan fingerprint density at radius 1 is 1.11 bits per heavy atom. The number of alkyl halides is 9. The molecule has 0 aromatic heterocycles. The van der Waals surface area contributed by atoms with Crippen molar-refractivity contribution in [1.29, 1.82) is 0 Å². The highest BCUT2D eigenvalue weighted by molar-refractivity contribution is 6.21. The van der Waals surface area contributed by atoms with Gasteiger partial charge in [0.1, 0.15) is 6.61 Å². The minimum atomic E-state index is -5.61. The summed E-state index contributed by atoms with van der Waals surface area (Å²) in [4.78, 5) is 0. The monoisotopic (exact) mass is 326 g/mol. The fourth-order valence-electron chi connectivity index (χ4n) is 0.923. The maximum absolute atomic E-state index is 13.5. The Kier molecular flexibility index (Phi) is 4.23. The fraction of sp³-hybridized carbons (Fsp3) is 1.00. The molecule has 0 bridgehead atoms. The van der Waals surface area contributed by atoms with Crippen molar-refractivity contribution in [2.75, 3.05) is 6.61 Å². The van der Waals surface area contributed by atoms with Gasteiger partial charge in [-0.1, -0.05) is 0 Å². The third kappa shape index (κ3) is 5.22. The lowest BCUT2D eigenvalue weighted by Crippen LogP contribution is -2.44. The van der Waals surface area contributed by atoms with Crippen LogP contribution in [0.25, 0.3) is 0 Å². The molecule has 1 aliphatic heterocycles. The Bertz CT molecular complexity index is 330. The van der Waals surface area contributed by atoms with Crippen LogP contribution in [0, 0.1) is 0 Å². The van der Waals surface area contributed by atoms with Gasteiger partial charge in [0, 0.05) is 0 Å². The molecule has 13 heteroatoms. The highest BCUT2D eigenvalue weighted by Gasteiger charge is 2.66. The molecule has 19 heavy (non-hydrogen) atoms. The maximum atomic E-state index is 13.5. The lowest BCUT2D eigenvalue weighted by molar-refractivity contribution is -0.428. The first kappa shape index (κ1) is 16.6. The first-order valence-electron chi connectivity index (χ1n) is 4.12. The van der Waals surface area contributed by atoms with Gasteiger partial charge >= 0.3 is 24.1 Å². The highest BCUT2D eigenvalue weighted by Crippen LogP contribution is 2.44. The molecule has 0 saturated carbocycles. The zero-order valence-electron chi connectivity index (χ0n) is 8.32. The van der Waals surface area contributed by atoms with Crippen molar-refractivity contribution >= 4 is 11.6 Å². The quantitative estimate of drug-likeness (QED) is 0.588. The molecule has 0 N–H and O–H groups in total. The topological polar surface area (TPSA) is 36.9 Å². The predicted molar refractivity (Wildman–Crippen MR) is 38.6 cm³/mol. The van der Waals surface area contributed by atoms with E-state index in [2.05, 4.69) is 30.5 Å². The van der Waals surface area contributed by atoms with Gasteiger partial charge in [-0.3, -0.25) is 9.47 Å². The smallest absolute Gasteiger partial charge is 0.312 e. The minimum absolute atomic E-state index is 2.07. The summed E-state index contributed by atoms with van der Waals surface area (Å²) in [5.74, 6) is 0. The van der Waals surface area contributed by atoms with Gasteiger partial charge in [0.15, 0.2) is 0 Å². The largest absolute Gasteiger partial charge is 0.525 e. The molecular weight excluding hydrogens is 323 g/mol. The number of hydrogen-bond donors (Lipinski definition) is 0. The molecule has 0 spiro atoms. The molecule has 114 valence electrons. The molecule has 1 rings (SSSR count). The van der Waals surface area contributed by atoms with Gasteiger partial charge in [-0.15, -0.1) is 22.0 Å². The van der Waals surface area contributed by atoms with Crippen molar-refractivity contribution < 1.29 is 54.1 Å². The highest BCUT2D eigenvalue weighted by atomic mass is 35.5. The predicted octanol–water partition coefficient (Wildman–Crippen LogP) is 2.92. The second-order valence-electron chi connectivity index (χ2n) is 3.07. The van der Waals surface area contributed by atoms with Crippen molar-refractivity contribution in [3.8, 4) is 0 Å². The molecule has 1 saturated heterocycles. The molecule has 0 radical (unpaired) electrons. The van der Waals surface area contributed by atoms with Crippen LogP contribution in [0.1, 0.15) is 0 Å². The number of rotatable bonds is 4. The standard InChI is InChI=1S/C6H3ClF8O4/c7-3(8,9)1-16-4(10)2(17-5(11,12)13)18-6(14,15)19-4/h2H,1H2. The molecule has 0 aliphatic carbocycles. The van der Waals surface area contributed by atoms with E-state index >= 15 is 0 Å². The third-order valence-corrected chi connectivity index (χ3v) is 1.57. The Morgan fingerprint density at radius 2 is 1.63 bits per heavy atom. The van der Waals surface area contributed by atoms with E-state index in [0.717, 1.165) is 0 Å². The molecule has 1 aliphatic rings. The number of halogens is 9. The average Bonchev–Trinajstić information content (AvgIpc) is 2.30. The zero-order valence-corrected chi connectivity index (χ0v) is 9.08. The van der Waals surface area contributed by atoms with Crippen LogP contribution in [0.15, 0.2) is 0 Å². The van der Waals surface area contributed by atoms with Crippen molar-refractivity contribution in [3.63, 3.8) is 0 Å². The summed E-state index contributed by atoms with van der Waals surface area (Å²) in [5.41, 5.74) is 0. The lowest BCUT2D eigenvalue weighted by Gasteiger charge is -2.24. The van der Waals surface area contributed by atoms with Crippen LogP contribution in [-0.4, -0.2) is 37.0 Å². The van der Waals surface area contributed by atoms with Crippen molar-refractivity contribution in [1.82, 2.24) is 0 Å². The second kappa shape index (κ2) is 4.84. The van der Waals surface area contributed by atoms with E-state index in [9.17, 15) is 35.1 Å². The summed E-state index contributed by atoms with van der Waals surface area (Å²) in [6, 6.07) is -4.42. The van der Waals surface area contributed by atoms with Gasteiger partial charge in [-0.05, 0) is 11.6 Å². The van der Waals surface area contributed by atoms with Gasteiger partial charge in [0.25, 0.3) is 6.29 Å². The lowest BCUT2D eigenvalue weighted by atomic mass is 10.5. The number of ether oxygens (including phenoxy) is 4. The summed E-state index contributed by atoms with van der Waals surface area (Å²) in [6.07, 6.45) is -14.0. The molecule has 0 aromatic carbocycles. The molecule has 2 unspecified atom stereocenters. The maximum Gasteiger partial charge on any atom is 0.525 e. The van der Waals surface area contributed by atoms with Crippen molar-refractivity contribution in [3.05, 3.63) is 0 Å². The van der Waals surface area contributed by atoms with E-state index in [-0.39, 0.29) is 0 Å². The Labute approximate surface area is 104 Å².